The highest BCUT2D eigenvalue weighted by molar-refractivity contribution is 5.29. The van der Waals surface area contributed by atoms with Gasteiger partial charge in [-0.05, 0) is 28.9 Å². The van der Waals surface area contributed by atoms with Crippen molar-refractivity contribution in [2.75, 3.05) is 0 Å². The standard InChI is InChI=1S/C16H26O/c1-6-12(3)15(17)13-8-10-14(11-9-13)16(4,5)7-2/h8-12,15,17H,6-7H2,1-5H3. The molecule has 17 heavy (non-hydrogen) atoms. The summed E-state index contributed by atoms with van der Waals surface area (Å²) in [5.74, 6) is 0.319. The van der Waals surface area contributed by atoms with Gasteiger partial charge in [0.05, 0.1) is 6.10 Å². The van der Waals surface area contributed by atoms with Crippen LogP contribution in [0.15, 0.2) is 24.3 Å². The fraction of sp³-hybridized carbons (Fsp3) is 0.625. The SMILES string of the molecule is CCC(C)C(O)c1ccc(C(C)(C)CC)cc1. The van der Waals surface area contributed by atoms with Crippen LogP contribution in [0.3, 0.4) is 0 Å². The van der Waals surface area contributed by atoms with Crippen LogP contribution in [0.4, 0.5) is 0 Å². The van der Waals surface area contributed by atoms with Gasteiger partial charge < -0.3 is 5.11 Å². The first-order valence-corrected chi connectivity index (χ1v) is 6.70. The van der Waals surface area contributed by atoms with Gasteiger partial charge in [0.2, 0.25) is 0 Å². The molecule has 1 aromatic rings. The van der Waals surface area contributed by atoms with Gasteiger partial charge in [-0.1, -0.05) is 65.3 Å². The molecular formula is C16H26O. The number of aliphatic hydroxyl groups excluding tert-OH is 1. The second kappa shape index (κ2) is 5.68. The van der Waals surface area contributed by atoms with Crippen molar-refractivity contribution in [1.82, 2.24) is 0 Å². The van der Waals surface area contributed by atoms with Crippen molar-refractivity contribution >= 4 is 0 Å². The van der Waals surface area contributed by atoms with E-state index in [2.05, 4.69) is 58.9 Å². The van der Waals surface area contributed by atoms with E-state index in [4.69, 9.17) is 0 Å². The number of hydrogen-bond donors (Lipinski definition) is 1. The first kappa shape index (κ1) is 14.2. The highest BCUT2D eigenvalue weighted by atomic mass is 16.3. The van der Waals surface area contributed by atoms with Crippen LogP contribution in [0.25, 0.3) is 0 Å². The van der Waals surface area contributed by atoms with Gasteiger partial charge in [0, 0.05) is 0 Å². The van der Waals surface area contributed by atoms with Gasteiger partial charge in [0.25, 0.3) is 0 Å². The van der Waals surface area contributed by atoms with Gasteiger partial charge in [0.1, 0.15) is 0 Å². The fourth-order valence-corrected chi connectivity index (χ4v) is 1.89. The topological polar surface area (TPSA) is 20.2 Å². The van der Waals surface area contributed by atoms with E-state index in [1.54, 1.807) is 0 Å². The van der Waals surface area contributed by atoms with E-state index in [9.17, 15) is 5.11 Å². The van der Waals surface area contributed by atoms with Crippen LogP contribution < -0.4 is 0 Å². The lowest BCUT2D eigenvalue weighted by Crippen LogP contribution is -2.15. The number of hydrogen-bond acceptors (Lipinski definition) is 1. The van der Waals surface area contributed by atoms with Crippen molar-refractivity contribution in [1.29, 1.82) is 0 Å². The summed E-state index contributed by atoms with van der Waals surface area (Å²) < 4.78 is 0. The van der Waals surface area contributed by atoms with Gasteiger partial charge >= 0.3 is 0 Å². The third-order valence-corrected chi connectivity index (χ3v) is 4.10. The molecule has 0 bridgehead atoms. The number of aliphatic hydroxyl groups is 1. The summed E-state index contributed by atoms with van der Waals surface area (Å²) in [5.41, 5.74) is 2.61. The molecular weight excluding hydrogens is 208 g/mol. The summed E-state index contributed by atoms with van der Waals surface area (Å²) in [6.45, 7) is 10.9. The maximum Gasteiger partial charge on any atom is 0.0815 e. The molecule has 0 aromatic heterocycles. The Kier molecular flexibility index (Phi) is 4.76. The molecule has 0 saturated carbocycles. The smallest absolute Gasteiger partial charge is 0.0815 e. The van der Waals surface area contributed by atoms with Crippen LogP contribution in [-0.4, -0.2) is 5.11 Å². The maximum atomic E-state index is 10.1. The van der Waals surface area contributed by atoms with Crippen molar-refractivity contribution in [3.63, 3.8) is 0 Å². The van der Waals surface area contributed by atoms with Crippen molar-refractivity contribution in [2.45, 2.75) is 59.0 Å². The molecule has 1 aromatic carbocycles. The highest BCUT2D eigenvalue weighted by Gasteiger charge is 2.19. The van der Waals surface area contributed by atoms with E-state index in [1.807, 2.05) is 0 Å². The minimum Gasteiger partial charge on any atom is -0.388 e. The molecule has 0 aliphatic heterocycles. The van der Waals surface area contributed by atoms with Crippen molar-refractivity contribution in [3.05, 3.63) is 35.4 Å². The average Bonchev–Trinajstić information content (AvgIpc) is 2.37. The van der Waals surface area contributed by atoms with Gasteiger partial charge in [-0.25, -0.2) is 0 Å². The van der Waals surface area contributed by atoms with Crippen LogP contribution in [0, 0.1) is 5.92 Å². The van der Waals surface area contributed by atoms with Crippen molar-refractivity contribution < 1.29 is 5.11 Å². The average molecular weight is 234 g/mol. The molecule has 0 aliphatic carbocycles. The van der Waals surface area contributed by atoms with Crippen LogP contribution in [-0.2, 0) is 5.41 Å². The predicted molar refractivity (Wildman–Crippen MR) is 74.2 cm³/mol. The molecule has 1 rings (SSSR count). The molecule has 0 heterocycles. The Morgan fingerprint density at radius 3 is 2.06 bits per heavy atom. The highest BCUT2D eigenvalue weighted by Crippen LogP contribution is 2.29. The van der Waals surface area contributed by atoms with Crippen LogP contribution >= 0.6 is 0 Å². The molecule has 0 amide bonds. The molecule has 2 atom stereocenters. The Hall–Kier alpha value is -0.820. The van der Waals surface area contributed by atoms with E-state index in [-0.39, 0.29) is 11.5 Å². The molecule has 1 N–H and O–H groups in total. The second-order valence-corrected chi connectivity index (χ2v) is 5.69. The van der Waals surface area contributed by atoms with Crippen LogP contribution in [0.5, 0.6) is 0 Å². The maximum absolute atomic E-state index is 10.1. The Morgan fingerprint density at radius 1 is 1.12 bits per heavy atom. The molecule has 0 spiro atoms. The van der Waals surface area contributed by atoms with E-state index >= 15 is 0 Å². The Labute approximate surface area is 106 Å². The van der Waals surface area contributed by atoms with E-state index in [0.29, 0.717) is 5.92 Å². The first-order chi connectivity index (χ1) is 7.92. The van der Waals surface area contributed by atoms with Crippen LogP contribution in [0.1, 0.15) is 64.7 Å². The molecule has 1 heteroatoms. The Balaban J connectivity index is 2.88. The van der Waals surface area contributed by atoms with Gasteiger partial charge in [-0.2, -0.15) is 0 Å². The summed E-state index contributed by atoms with van der Waals surface area (Å²) in [7, 11) is 0. The van der Waals surface area contributed by atoms with E-state index in [1.165, 1.54) is 5.56 Å². The quantitative estimate of drug-likeness (QED) is 0.797. The number of rotatable bonds is 5. The first-order valence-electron chi connectivity index (χ1n) is 6.70. The molecule has 0 saturated heterocycles. The summed E-state index contributed by atoms with van der Waals surface area (Å²) in [6, 6.07) is 8.46. The normalized spacial score (nSPS) is 15.6. The third kappa shape index (κ3) is 3.32. The second-order valence-electron chi connectivity index (χ2n) is 5.69. The summed E-state index contributed by atoms with van der Waals surface area (Å²) >= 11 is 0. The van der Waals surface area contributed by atoms with E-state index in [0.717, 1.165) is 18.4 Å². The lowest BCUT2D eigenvalue weighted by molar-refractivity contribution is 0.115. The van der Waals surface area contributed by atoms with Crippen molar-refractivity contribution in [2.24, 2.45) is 5.92 Å². The Morgan fingerprint density at radius 2 is 1.65 bits per heavy atom. The van der Waals surface area contributed by atoms with Crippen LogP contribution in [0.2, 0.25) is 0 Å². The zero-order chi connectivity index (χ0) is 13.1. The summed E-state index contributed by atoms with van der Waals surface area (Å²) in [6.07, 6.45) is 1.79. The molecule has 96 valence electrons. The largest absolute Gasteiger partial charge is 0.388 e. The molecule has 0 radical (unpaired) electrons. The Bertz CT molecular complexity index is 337. The number of benzene rings is 1. The zero-order valence-electron chi connectivity index (χ0n) is 11.8. The minimum absolute atomic E-state index is 0.222. The third-order valence-electron chi connectivity index (χ3n) is 4.10. The molecule has 2 unspecified atom stereocenters. The molecule has 1 nitrogen and oxygen atoms in total. The molecule has 0 fully saturated rings. The van der Waals surface area contributed by atoms with Gasteiger partial charge in [-0.3, -0.25) is 0 Å². The predicted octanol–water partition coefficient (Wildman–Crippen LogP) is 4.45. The summed E-state index contributed by atoms with van der Waals surface area (Å²) in [4.78, 5) is 0. The molecule has 0 aliphatic rings. The fourth-order valence-electron chi connectivity index (χ4n) is 1.89. The van der Waals surface area contributed by atoms with E-state index < -0.39 is 0 Å². The van der Waals surface area contributed by atoms with Crippen molar-refractivity contribution in [3.8, 4) is 0 Å². The summed E-state index contributed by atoms with van der Waals surface area (Å²) in [5, 5.41) is 10.1. The van der Waals surface area contributed by atoms with Gasteiger partial charge in [0.15, 0.2) is 0 Å². The lowest BCUT2D eigenvalue weighted by atomic mass is 9.81. The lowest BCUT2D eigenvalue weighted by Gasteiger charge is -2.24. The van der Waals surface area contributed by atoms with Gasteiger partial charge in [-0.15, -0.1) is 0 Å². The zero-order valence-corrected chi connectivity index (χ0v) is 11.8. The minimum atomic E-state index is -0.334. The monoisotopic (exact) mass is 234 g/mol.